The van der Waals surface area contributed by atoms with Gasteiger partial charge in [-0.25, -0.2) is 8.42 Å². The number of hydrogen-bond donors (Lipinski definition) is 1. The van der Waals surface area contributed by atoms with Crippen molar-refractivity contribution in [1.82, 2.24) is 4.31 Å². The zero-order chi connectivity index (χ0) is 14.9. The summed E-state index contributed by atoms with van der Waals surface area (Å²) in [6.45, 7) is 1.34. The lowest BCUT2D eigenvalue weighted by molar-refractivity contribution is 0.414. The van der Waals surface area contributed by atoms with Crippen LogP contribution >= 0.6 is 23.2 Å². The Balaban J connectivity index is 2.38. The number of halogens is 2. The highest BCUT2D eigenvalue weighted by Gasteiger charge is 2.33. The normalized spacial score (nSPS) is 20.3. The van der Waals surface area contributed by atoms with Crippen LogP contribution < -0.4 is 10.5 Å². The van der Waals surface area contributed by atoms with Crippen LogP contribution in [0.4, 0.5) is 0 Å². The summed E-state index contributed by atoms with van der Waals surface area (Å²) < 4.78 is 31.5. The Hall–Kier alpha value is -0.530. The smallest absolute Gasteiger partial charge is 0.244 e. The van der Waals surface area contributed by atoms with E-state index in [0.717, 1.165) is 6.42 Å². The molecule has 20 heavy (non-hydrogen) atoms. The van der Waals surface area contributed by atoms with Crippen LogP contribution in [0, 0.1) is 5.92 Å². The summed E-state index contributed by atoms with van der Waals surface area (Å²) in [4.78, 5) is 0.00244. The maximum Gasteiger partial charge on any atom is 0.244 e. The fourth-order valence-electron chi connectivity index (χ4n) is 2.21. The van der Waals surface area contributed by atoms with Crippen molar-refractivity contribution >= 4 is 33.2 Å². The summed E-state index contributed by atoms with van der Waals surface area (Å²) in [6, 6.07) is 2.74. The molecular weight excluding hydrogens is 323 g/mol. The van der Waals surface area contributed by atoms with Gasteiger partial charge in [-0.3, -0.25) is 0 Å². The molecule has 1 fully saturated rings. The van der Waals surface area contributed by atoms with Crippen LogP contribution in [-0.4, -0.2) is 39.5 Å². The van der Waals surface area contributed by atoms with E-state index < -0.39 is 10.0 Å². The maximum absolute atomic E-state index is 12.6. The van der Waals surface area contributed by atoms with Crippen LogP contribution in [0.1, 0.15) is 6.42 Å². The molecule has 0 spiro atoms. The molecule has 0 bridgehead atoms. The van der Waals surface area contributed by atoms with E-state index in [9.17, 15) is 8.42 Å². The first-order chi connectivity index (χ1) is 9.40. The highest BCUT2D eigenvalue weighted by Crippen LogP contribution is 2.35. The molecule has 0 aliphatic carbocycles. The molecule has 5 nitrogen and oxygen atoms in total. The lowest BCUT2D eigenvalue weighted by atomic mass is 10.1. The lowest BCUT2D eigenvalue weighted by Crippen LogP contribution is -2.30. The van der Waals surface area contributed by atoms with Crippen molar-refractivity contribution in [2.45, 2.75) is 11.3 Å². The molecule has 0 radical (unpaired) electrons. The van der Waals surface area contributed by atoms with E-state index in [-0.39, 0.29) is 20.9 Å². The molecule has 2 rings (SSSR count). The summed E-state index contributed by atoms with van der Waals surface area (Å²) in [6.07, 6.45) is 0.761. The molecule has 1 unspecified atom stereocenters. The third kappa shape index (κ3) is 2.89. The van der Waals surface area contributed by atoms with Crippen molar-refractivity contribution in [1.29, 1.82) is 0 Å². The third-order valence-electron chi connectivity index (χ3n) is 3.41. The van der Waals surface area contributed by atoms with E-state index in [4.69, 9.17) is 33.7 Å². The minimum atomic E-state index is -3.65. The van der Waals surface area contributed by atoms with Gasteiger partial charge in [-0.1, -0.05) is 23.2 Å². The minimum Gasteiger partial charge on any atom is -0.495 e. The highest BCUT2D eigenvalue weighted by atomic mass is 35.5. The van der Waals surface area contributed by atoms with Gasteiger partial charge in [-0.15, -0.1) is 0 Å². The number of hydrogen-bond acceptors (Lipinski definition) is 4. The molecule has 2 N–H and O–H groups in total. The first-order valence-corrected chi connectivity index (χ1v) is 8.33. The highest BCUT2D eigenvalue weighted by molar-refractivity contribution is 7.89. The molecule has 0 saturated carbocycles. The first-order valence-electron chi connectivity index (χ1n) is 6.13. The number of rotatable bonds is 4. The monoisotopic (exact) mass is 338 g/mol. The van der Waals surface area contributed by atoms with E-state index in [1.807, 2.05) is 0 Å². The van der Waals surface area contributed by atoms with Crippen molar-refractivity contribution in [2.75, 3.05) is 26.7 Å². The Morgan fingerprint density at radius 3 is 2.65 bits per heavy atom. The van der Waals surface area contributed by atoms with Crippen LogP contribution in [0.5, 0.6) is 5.75 Å². The van der Waals surface area contributed by atoms with Gasteiger partial charge in [-0.2, -0.15) is 4.31 Å². The second-order valence-electron chi connectivity index (χ2n) is 4.67. The van der Waals surface area contributed by atoms with Gasteiger partial charge in [0.2, 0.25) is 10.0 Å². The average molecular weight is 339 g/mol. The van der Waals surface area contributed by atoms with Crippen molar-refractivity contribution in [2.24, 2.45) is 11.7 Å². The van der Waals surface area contributed by atoms with Crippen molar-refractivity contribution in [3.8, 4) is 5.75 Å². The van der Waals surface area contributed by atoms with E-state index in [2.05, 4.69) is 0 Å². The molecule has 1 atom stereocenters. The minimum absolute atomic E-state index is 0.00244. The predicted molar refractivity (Wildman–Crippen MR) is 78.9 cm³/mol. The Bertz CT molecular complexity index is 607. The molecule has 1 heterocycles. The predicted octanol–water partition coefficient (Wildman–Crippen LogP) is 1.97. The molecule has 0 amide bonds. The van der Waals surface area contributed by atoms with Crippen LogP contribution in [0.15, 0.2) is 17.0 Å². The number of sulfonamides is 1. The van der Waals surface area contributed by atoms with Gasteiger partial charge in [-0.05, 0) is 24.9 Å². The second-order valence-corrected chi connectivity index (χ2v) is 7.39. The second kappa shape index (κ2) is 6.07. The van der Waals surface area contributed by atoms with E-state index in [1.54, 1.807) is 0 Å². The Labute approximate surface area is 128 Å². The standard InChI is InChI=1S/C12H16Cl2N2O3S/c1-19-11-4-10(14)12(5-9(11)13)20(17,18)16-3-2-8(6-15)7-16/h4-5,8H,2-3,6-7,15H2,1H3. The Morgan fingerprint density at radius 2 is 2.10 bits per heavy atom. The largest absolute Gasteiger partial charge is 0.495 e. The number of ether oxygens (including phenoxy) is 1. The third-order valence-corrected chi connectivity index (χ3v) is 6.03. The summed E-state index contributed by atoms with van der Waals surface area (Å²) in [5, 5.41) is 0.312. The van der Waals surface area contributed by atoms with E-state index >= 15 is 0 Å². The number of methoxy groups -OCH3 is 1. The molecule has 1 aliphatic heterocycles. The summed E-state index contributed by atoms with van der Waals surface area (Å²) >= 11 is 12.0. The number of benzene rings is 1. The van der Waals surface area contributed by atoms with Gasteiger partial charge in [0, 0.05) is 19.2 Å². The summed E-state index contributed by atoms with van der Waals surface area (Å²) in [5.74, 6) is 0.536. The zero-order valence-corrected chi connectivity index (χ0v) is 13.3. The van der Waals surface area contributed by atoms with Gasteiger partial charge in [0.05, 0.1) is 17.2 Å². The number of nitrogens with two attached hydrogens (primary N) is 1. The molecule has 8 heteroatoms. The molecule has 0 aromatic heterocycles. The van der Waals surface area contributed by atoms with Gasteiger partial charge in [0.15, 0.2) is 0 Å². The fraction of sp³-hybridized carbons (Fsp3) is 0.500. The maximum atomic E-state index is 12.6. The molecule has 1 aliphatic rings. The van der Waals surface area contributed by atoms with Crippen molar-refractivity contribution in [3.05, 3.63) is 22.2 Å². The zero-order valence-electron chi connectivity index (χ0n) is 11.0. The van der Waals surface area contributed by atoms with Crippen LogP contribution in [-0.2, 0) is 10.0 Å². The fourth-order valence-corrected chi connectivity index (χ4v) is 4.57. The van der Waals surface area contributed by atoms with Crippen LogP contribution in [0.3, 0.4) is 0 Å². The van der Waals surface area contributed by atoms with E-state index in [0.29, 0.717) is 25.4 Å². The lowest BCUT2D eigenvalue weighted by Gasteiger charge is -2.18. The van der Waals surface area contributed by atoms with E-state index in [1.165, 1.54) is 23.5 Å². The molecule has 1 aromatic rings. The average Bonchev–Trinajstić information content (AvgIpc) is 2.90. The summed E-state index contributed by atoms with van der Waals surface area (Å²) in [5.41, 5.74) is 5.58. The molecule has 1 saturated heterocycles. The van der Waals surface area contributed by atoms with Crippen LogP contribution in [0.25, 0.3) is 0 Å². The quantitative estimate of drug-likeness (QED) is 0.910. The van der Waals surface area contributed by atoms with Gasteiger partial charge < -0.3 is 10.5 Å². The summed E-state index contributed by atoms with van der Waals surface area (Å²) in [7, 11) is -2.21. The van der Waals surface area contributed by atoms with Crippen molar-refractivity contribution in [3.63, 3.8) is 0 Å². The van der Waals surface area contributed by atoms with Crippen molar-refractivity contribution < 1.29 is 13.2 Å². The molecule has 1 aromatic carbocycles. The SMILES string of the molecule is COc1cc(Cl)c(S(=O)(=O)N2CCC(CN)C2)cc1Cl. The first kappa shape index (κ1) is 15.9. The van der Waals surface area contributed by atoms with Gasteiger partial charge in [0.1, 0.15) is 10.6 Å². The van der Waals surface area contributed by atoms with Gasteiger partial charge >= 0.3 is 0 Å². The Morgan fingerprint density at radius 1 is 1.40 bits per heavy atom. The number of nitrogens with zero attached hydrogens (tertiary/aromatic N) is 1. The molecule has 112 valence electrons. The topological polar surface area (TPSA) is 72.6 Å². The van der Waals surface area contributed by atoms with Crippen LogP contribution in [0.2, 0.25) is 10.0 Å². The Kier molecular flexibility index (Phi) is 4.81. The van der Waals surface area contributed by atoms with Gasteiger partial charge in [0.25, 0.3) is 0 Å². The molecular formula is C12H16Cl2N2O3S.